The highest BCUT2D eigenvalue weighted by Crippen LogP contribution is 2.45. The van der Waals surface area contributed by atoms with Crippen molar-refractivity contribution in [3.63, 3.8) is 0 Å². The molecule has 5 aromatic rings. The van der Waals surface area contributed by atoms with Gasteiger partial charge in [-0.05, 0) is 37.7 Å². The lowest BCUT2D eigenvalue weighted by molar-refractivity contribution is -0.140. The Morgan fingerprint density at radius 2 is 1.83 bits per heavy atom. The van der Waals surface area contributed by atoms with Crippen LogP contribution in [0.1, 0.15) is 61.0 Å². The summed E-state index contributed by atoms with van der Waals surface area (Å²) in [6.45, 7) is 0.405. The van der Waals surface area contributed by atoms with Gasteiger partial charge in [0.15, 0.2) is 23.0 Å². The Labute approximate surface area is 232 Å². The number of hydrogen-bond donors (Lipinski definition) is 1. The summed E-state index contributed by atoms with van der Waals surface area (Å²) in [6, 6.07) is 7.41. The summed E-state index contributed by atoms with van der Waals surface area (Å²) in [5.74, 6) is 2.03. The van der Waals surface area contributed by atoms with Gasteiger partial charge in [-0.25, -0.2) is 29.4 Å². The second-order valence-corrected chi connectivity index (χ2v) is 10.4. The molecule has 1 N–H and O–H groups in total. The minimum absolute atomic E-state index is 0.0490. The molecule has 1 aromatic carbocycles. The van der Waals surface area contributed by atoms with Gasteiger partial charge in [0, 0.05) is 42.7 Å². The fourth-order valence-electron chi connectivity index (χ4n) is 5.11. The van der Waals surface area contributed by atoms with Gasteiger partial charge in [0.1, 0.15) is 17.7 Å². The highest BCUT2D eigenvalue weighted by molar-refractivity contribution is 5.71. The SMILES string of the molecule is COc1ncnc(C2CC2)c1-c1nc(NCc2ccc(-c3nc(C(F)(F)F)cn3C3CCC3)cc2)c2nccn2n1. The van der Waals surface area contributed by atoms with Crippen molar-refractivity contribution in [1.82, 2.24) is 39.1 Å². The molecule has 41 heavy (non-hydrogen) atoms. The van der Waals surface area contributed by atoms with Crippen molar-refractivity contribution < 1.29 is 17.9 Å². The molecular weight excluding hydrogens is 535 g/mol. The Morgan fingerprint density at radius 3 is 2.51 bits per heavy atom. The van der Waals surface area contributed by atoms with E-state index >= 15 is 0 Å². The number of benzene rings is 1. The lowest BCUT2D eigenvalue weighted by Crippen LogP contribution is -2.17. The van der Waals surface area contributed by atoms with Crippen molar-refractivity contribution in [2.45, 2.75) is 56.8 Å². The van der Waals surface area contributed by atoms with E-state index < -0.39 is 11.9 Å². The van der Waals surface area contributed by atoms with Gasteiger partial charge >= 0.3 is 6.18 Å². The van der Waals surface area contributed by atoms with Crippen LogP contribution in [0.2, 0.25) is 0 Å². The molecule has 210 valence electrons. The number of fused-ring (bicyclic) bond motifs is 1. The van der Waals surface area contributed by atoms with Crippen LogP contribution in [0, 0.1) is 0 Å². The third-order valence-corrected chi connectivity index (χ3v) is 7.64. The number of anilines is 1. The Bertz CT molecular complexity index is 1720. The van der Waals surface area contributed by atoms with E-state index in [1.54, 1.807) is 40.7 Å². The first-order valence-corrected chi connectivity index (χ1v) is 13.5. The topological polar surface area (TPSA) is 108 Å². The van der Waals surface area contributed by atoms with E-state index in [4.69, 9.17) is 9.72 Å². The quantitative estimate of drug-likeness (QED) is 0.258. The number of rotatable bonds is 8. The smallest absolute Gasteiger partial charge is 0.434 e. The van der Waals surface area contributed by atoms with E-state index in [1.807, 2.05) is 12.1 Å². The molecule has 0 spiro atoms. The standard InChI is InChI=1S/C28H26F3N9O/c1-41-27-21(22(17-9-10-17)34-15-35-27)23-37-24(26-32-11-12-40(26)38-23)33-13-16-5-7-18(8-6-16)25-36-20(28(29,30)31)14-39(25)19-3-2-4-19/h5-8,11-12,14-15,17,19H,2-4,9-10,13H2,1H3,(H,33,37,38). The average Bonchev–Trinajstić information content (AvgIpc) is 3.51. The molecule has 2 fully saturated rings. The summed E-state index contributed by atoms with van der Waals surface area (Å²) in [4.78, 5) is 21.9. The van der Waals surface area contributed by atoms with Gasteiger partial charge in [0.25, 0.3) is 0 Å². The molecule has 0 unspecified atom stereocenters. The normalized spacial score (nSPS) is 15.7. The number of alkyl halides is 3. The van der Waals surface area contributed by atoms with Crippen LogP contribution in [0.15, 0.2) is 49.2 Å². The molecule has 0 aliphatic heterocycles. The second kappa shape index (κ2) is 9.82. The number of imidazole rings is 2. The highest BCUT2D eigenvalue weighted by atomic mass is 19.4. The molecular formula is C28H26F3N9O. The first-order chi connectivity index (χ1) is 19.9. The predicted octanol–water partition coefficient (Wildman–Crippen LogP) is 5.69. The van der Waals surface area contributed by atoms with E-state index in [9.17, 15) is 13.2 Å². The van der Waals surface area contributed by atoms with E-state index in [2.05, 4.69) is 30.4 Å². The molecule has 10 nitrogen and oxygen atoms in total. The predicted molar refractivity (Wildman–Crippen MR) is 143 cm³/mol. The molecule has 4 aromatic heterocycles. The lowest BCUT2D eigenvalue weighted by atomic mass is 9.92. The van der Waals surface area contributed by atoms with Crippen LogP contribution >= 0.6 is 0 Å². The number of ether oxygens (including phenoxy) is 1. The largest absolute Gasteiger partial charge is 0.480 e. The first kappa shape index (κ1) is 25.4. The third-order valence-electron chi connectivity index (χ3n) is 7.64. The van der Waals surface area contributed by atoms with Gasteiger partial charge in [-0.1, -0.05) is 24.3 Å². The third kappa shape index (κ3) is 4.74. The van der Waals surface area contributed by atoms with Crippen molar-refractivity contribution in [3.8, 4) is 28.7 Å². The van der Waals surface area contributed by atoms with Crippen LogP contribution in [0.3, 0.4) is 0 Å². The molecule has 0 saturated heterocycles. The van der Waals surface area contributed by atoms with Gasteiger partial charge in [-0.2, -0.15) is 13.2 Å². The summed E-state index contributed by atoms with van der Waals surface area (Å²) >= 11 is 0. The van der Waals surface area contributed by atoms with Gasteiger partial charge in [-0.15, -0.1) is 5.10 Å². The summed E-state index contributed by atoms with van der Waals surface area (Å²) in [5.41, 5.74) is 2.78. The van der Waals surface area contributed by atoms with Crippen LogP contribution in [-0.4, -0.2) is 46.2 Å². The second-order valence-electron chi connectivity index (χ2n) is 10.4. The molecule has 0 radical (unpaired) electrons. The van der Waals surface area contributed by atoms with Crippen molar-refractivity contribution in [1.29, 1.82) is 0 Å². The van der Waals surface area contributed by atoms with Crippen molar-refractivity contribution >= 4 is 11.5 Å². The molecule has 0 atom stereocenters. The van der Waals surface area contributed by atoms with Crippen LogP contribution in [0.4, 0.5) is 19.0 Å². The molecule has 2 aliphatic rings. The Balaban J connectivity index is 1.17. The number of nitrogens with zero attached hydrogens (tertiary/aromatic N) is 8. The zero-order valence-corrected chi connectivity index (χ0v) is 22.1. The number of methoxy groups -OCH3 is 1. The van der Waals surface area contributed by atoms with Gasteiger partial charge in [0.2, 0.25) is 5.88 Å². The Morgan fingerprint density at radius 1 is 1.02 bits per heavy atom. The van der Waals surface area contributed by atoms with Gasteiger partial charge in [0.05, 0.1) is 12.8 Å². The van der Waals surface area contributed by atoms with Crippen LogP contribution < -0.4 is 10.1 Å². The van der Waals surface area contributed by atoms with Crippen molar-refractivity contribution in [3.05, 3.63) is 66.1 Å². The average molecular weight is 562 g/mol. The number of nitrogens with one attached hydrogen (secondary N) is 1. The molecule has 13 heteroatoms. The van der Waals surface area contributed by atoms with Gasteiger partial charge in [-0.3, -0.25) is 0 Å². The number of halogens is 3. The van der Waals surface area contributed by atoms with E-state index in [-0.39, 0.29) is 6.04 Å². The fourth-order valence-corrected chi connectivity index (χ4v) is 5.11. The van der Waals surface area contributed by atoms with Gasteiger partial charge < -0.3 is 14.6 Å². The number of hydrogen-bond acceptors (Lipinski definition) is 8. The molecule has 4 heterocycles. The van der Waals surface area contributed by atoms with Crippen LogP contribution in [0.5, 0.6) is 5.88 Å². The molecule has 2 saturated carbocycles. The van der Waals surface area contributed by atoms with Crippen molar-refractivity contribution in [2.75, 3.05) is 12.4 Å². The molecule has 2 aliphatic carbocycles. The minimum atomic E-state index is -4.49. The van der Waals surface area contributed by atoms with E-state index in [0.29, 0.717) is 52.6 Å². The van der Waals surface area contributed by atoms with E-state index in [1.165, 1.54) is 6.33 Å². The summed E-state index contributed by atoms with van der Waals surface area (Å²) < 4.78 is 49.1. The Kier molecular flexibility index (Phi) is 6.09. The number of aromatic nitrogens is 8. The zero-order chi connectivity index (χ0) is 28.1. The summed E-state index contributed by atoms with van der Waals surface area (Å²) in [5, 5.41) is 8.00. The van der Waals surface area contributed by atoms with Crippen LogP contribution in [0.25, 0.3) is 28.4 Å². The molecule has 0 amide bonds. The maximum absolute atomic E-state index is 13.4. The maximum atomic E-state index is 13.4. The molecule has 0 bridgehead atoms. The van der Waals surface area contributed by atoms with Crippen LogP contribution in [-0.2, 0) is 12.7 Å². The lowest BCUT2D eigenvalue weighted by Gasteiger charge is -2.28. The maximum Gasteiger partial charge on any atom is 0.434 e. The molecule has 7 rings (SSSR count). The minimum Gasteiger partial charge on any atom is -0.480 e. The fraction of sp³-hybridized carbons (Fsp3) is 0.357. The van der Waals surface area contributed by atoms with E-state index in [0.717, 1.165) is 49.6 Å². The zero-order valence-electron chi connectivity index (χ0n) is 22.1. The van der Waals surface area contributed by atoms with Crippen molar-refractivity contribution in [2.24, 2.45) is 0 Å². The Hall–Kier alpha value is -4.55. The summed E-state index contributed by atoms with van der Waals surface area (Å²) in [7, 11) is 1.56. The monoisotopic (exact) mass is 561 g/mol. The first-order valence-electron chi connectivity index (χ1n) is 13.5. The summed E-state index contributed by atoms with van der Waals surface area (Å²) in [6.07, 6.45) is 6.34. The highest BCUT2D eigenvalue weighted by Gasteiger charge is 2.36.